The van der Waals surface area contributed by atoms with Gasteiger partial charge in [-0.25, -0.2) is 8.42 Å². The van der Waals surface area contributed by atoms with Gasteiger partial charge in [-0.3, -0.25) is 6.29 Å². The van der Waals surface area contributed by atoms with Crippen molar-refractivity contribution < 1.29 is 61.0 Å². The second-order valence-corrected chi connectivity index (χ2v) is 7.41. The summed E-state index contributed by atoms with van der Waals surface area (Å²) in [4.78, 5) is 10.6. The second-order valence-electron chi connectivity index (χ2n) is 5.76. The van der Waals surface area contributed by atoms with E-state index in [4.69, 9.17) is 0 Å². The normalized spacial score (nSPS) is 32.8. The predicted molar refractivity (Wildman–Crippen MR) is 68.5 cm³/mol. The monoisotopic (exact) mass is 303 g/mol. The van der Waals surface area contributed by atoms with Crippen LogP contribution in [0.5, 0.6) is 0 Å². The van der Waals surface area contributed by atoms with Gasteiger partial charge >= 0.3 is 37.7 Å². The van der Waals surface area contributed by atoms with Crippen LogP contribution in [0.3, 0.4) is 0 Å². The van der Waals surface area contributed by atoms with Gasteiger partial charge in [0.05, 0.1) is 10.1 Å². The molecule has 0 saturated heterocycles. The summed E-state index contributed by atoms with van der Waals surface area (Å²) in [5.41, 5.74) is 0. The smallest absolute Gasteiger partial charge is 0.870 e. The summed E-state index contributed by atoms with van der Waals surface area (Å²) >= 11 is 0. The third-order valence-corrected chi connectivity index (χ3v) is 6.02. The van der Waals surface area contributed by atoms with Crippen molar-refractivity contribution in [1.29, 1.82) is 0 Å². The number of rotatable bonds is 3. The van der Waals surface area contributed by atoms with Crippen LogP contribution in [0.1, 0.15) is 51.4 Å². The molecule has 0 aromatic rings. The Hall–Kier alpha value is 0.735. The molecule has 0 unspecified atom stereocenters. The van der Waals surface area contributed by atoms with E-state index in [1.54, 1.807) is 0 Å². The third-order valence-electron chi connectivity index (χ3n) is 4.73. The largest absolute Gasteiger partial charge is 1.00 e. The minimum absolute atomic E-state index is 0. The Bertz CT molecular complexity index is 385. The Kier molecular flexibility index (Phi) is 12.0. The van der Waals surface area contributed by atoms with Crippen LogP contribution in [-0.4, -0.2) is 30.0 Å². The van der Waals surface area contributed by atoms with Crippen LogP contribution in [0, 0.1) is 17.8 Å². The van der Waals surface area contributed by atoms with Crippen LogP contribution < -0.4 is 37.7 Å². The van der Waals surface area contributed by atoms with Gasteiger partial charge in [-0.2, -0.15) is 0 Å². The molecule has 2 saturated carbocycles. The van der Waals surface area contributed by atoms with E-state index in [1.165, 1.54) is 0 Å². The molecule has 0 bridgehead atoms. The van der Waals surface area contributed by atoms with E-state index < -0.39 is 15.4 Å². The standard InChI is InChI=1S/C13H21O4S.2Li.H2O/c14-9-10-1-3-11(4-2-10)12-5-7-13(8-6-12)18(15,16)17;;;/h10-13H,1-8H2,(H,15,16,17);;;1H2/q-1;2*+1;/p-2. The molecule has 21 heavy (non-hydrogen) atoms. The van der Waals surface area contributed by atoms with Crippen LogP contribution in [0.2, 0.25) is 0 Å². The molecule has 2 rings (SSSR count). The van der Waals surface area contributed by atoms with Gasteiger partial charge in [0.2, 0.25) is 0 Å². The van der Waals surface area contributed by atoms with Gasteiger partial charge in [0.15, 0.2) is 0 Å². The van der Waals surface area contributed by atoms with Gasteiger partial charge in [0.25, 0.3) is 0 Å². The first kappa shape index (κ1) is 24.0. The van der Waals surface area contributed by atoms with E-state index >= 15 is 0 Å². The number of hydrogen-bond acceptors (Lipinski definition) is 5. The maximum absolute atomic E-state index is 11.0. The molecule has 2 aliphatic rings. The molecule has 5 nitrogen and oxygen atoms in total. The van der Waals surface area contributed by atoms with Crippen molar-refractivity contribution in [3.63, 3.8) is 0 Å². The summed E-state index contributed by atoms with van der Waals surface area (Å²) < 4.78 is 32.9. The average molecular weight is 303 g/mol. The Morgan fingerprint density at radius 3 is 1.52 bits per heavy atom. The SMILES string of the molecule is O=[C-]C1CCC(C2CCC(S(=O)(=O)[O-])CC2)CC1.[Li+].[Li+].[OH-]. The zero-order valence-corrected chi connectivity index (χ0v) is 13.8. The van der Waals surface area contributed by atoms with Crippen molar-refractivity contribution in [3.8, 4) is 0 Å². The van der Waals surface area contributed by atoms with Gasteiger partial charge in [0, 0.05) is 5.25 Å². The maximum Gasteiger partial charge on any atom is 1.00 e. The van der Waals surface area contributed by atoms with Crippen LogP contribution in [0.25, 0.3) is 0 Å². The molecule has 0 heterocycles. The van der Waals surface area contributed by atoms with Crippen molar-refractivity contribution in [2.75, 3.05) is 0 Å². The molecule has 0 aromatic carbocycles. The molecule has 0 amide bonds. The molecule has 0 aromatic heterocycles. The van der Waals surface area contributed by atoms with E-state index in [9.17, 15) is 17.8 Å². The molecule has 0 radical (unpaired) electrons. The summed E-state index contributed by atoms with van der Waals surface area (Å²) in [5.74, 6) is 1.28. The van der Waals surface area contributed by atoms with Crippen LogP contribution in [0.15, 0.2) is 0 Å². The van der Waals surface area contributed by atoms with Crippen molar-refractivity contribution in [2.24, 2.45) is 17.8 Å². The van der Waals surface area contributed by atoms with E-state index in [-0.39, 0.29) is 49.1 Å². The number of carbonyl (C=O) groups excluding carboxylic acids is 1. The van der Waals surface area contributed by atoms with E-state index in [1.807, 2.05) is 0 Å². The van der Waals surface area contributed by atoms with E-state index in [0.717, 1.165) is 38.5 Å². The predicted octanol–water partition coefficient (Wildman–Crippen LogP) is -4.16. The van der Waals surface area contributed by atoms with Gasteiger partial charge in [0.1, 0.15) is 0 Å². The first-order valence-corrected chi connectivity index (χ1v) is 8.30. The summed E-state index contributed by atoms with van der Waals surface area (Å²) in [6.07, 6.45) is 8.80. The number of hydrogen-bond donors (Lipinski definition) is 0. The molecule has 0 atom stereocenters. The fraction of sp³-hybridized carbons (Fsp3) is 0.923. The van der Waals surface area contributed by atoms with Crippen molar-refractivity contribution in [1.82, 2.24) is 0 Å². The topological polar surface area (TPSA) is 104 Å². The minimum atomic E-state index is -4.09. The first-order chi connectivity index (χ1) is 8.50. The molecule has 0 spiro atoms. The zero-order chi connectivity index (χ0) is 13.2. The molecule has 8 heteroatoms. The van der Waals surface area contributed by atoms with Crippen molar-refractivity contribution in [3.05, 3.63) is 0 Å². The van der Waals surface area contributed by atoms with E-state index in [0.29, 0.717) is 24.7 Å². The Balaban J connectivity index is 0. The minimum Gasteiger partial charge on any atom is -0.870 e. The molecule has 112 valence electrons. The van der Waals surface area contributed by atoms with Crippen LogP contribution in [-0.2, 0) is 14.9 Å². The summed E-state index contributed by atoms with van der Waals surface area (Å²) in [5, 5.41) is -0.659. The fourth-order valence-corrected chi connectivity index (χ4v) is 4.41. The molecule has 2 fully saturated rings. The fourth-order valence-electron chi connectivity index (χ4n) is 3.56. The van der Waals surface area contributed by atoms with Gasteiger partial charge in [-0.1, -0.05) is 25.7 Å². The summed E-state index contributed by atoms with van der Waals surface area (Å²) in [6, 6.07) is 0. The quantitative estimate of drug-likeness (QED) is 0.299. The maximum atomic E-state index is 11.0. The van der Waals surface area contributed by atoms with Crippen molar-refractivity contribution >= 4 is 16.4 Å². The first-order valence-electron chi connectivity index (χ1n) is 6.83. The Morgan fingerprint density at radius 2 is 1.19 bits per heavy atom. The van der Waals surface area contributed by atoms with Crippen LogP contribution in [0.4, 0.5) is 0 Å². The molecular weight excluding hydrogens is 282 g/mol. The summed E-state index contributed by atoms with van der Waals surface area (Å²) in [6.45, 7) is 0. The van der Waals surface area contributed by atoms with Gasteiger partial charge < -0.3 is 14.8 Å². The van der Waals surface area contributed by atoms with Crippen molar-refractivity contribution in [2.45, 2.75) is 56.6 Å². The van der Waals surface area contributed by atoms with Gasteiger partial charge in [-0.15, -0.1) is 5.92 Å². The Morgan fingerprint density at radius 1 is 0.810 bits per heavy atom. The van der Waals surface area contributed by atoms with Crippen LogP contribution >= 0.6 is 0 Å². The molecular formula is C13H21Li2O5S-. The second kappa shape index (κ2) is 10.5. The van der Waals surface area contributed by atoms with Gasteiger partial charge in [-0.05, 0) is 37.5 Å². The molecule has 0 aliphatic heterocycles. The average Bonchev–Trinajstić information content (AvgIpc) is 2.38. The molecule has 1 N–H and O–H groups in total. The third kappa shape index (κ3) is 6.79. The zero-order valence-electron chi connectivity index (χ0n) is 13.0. The summed E-state index contributed by atoms with van der Waals surface area (Å²) in [7, 11) is -4.09. The van der Waals surface area contributed by atoms with E-state index in [2.05, 4.69) is 6.29 Å². The Labute approximate surface area is 151 Å². The molecule has 2 aliphatic carbocycles.